The fourth-order valence-electron chi connectivity index (χ4n) is 8.70. The topological polar surface area (TPSA) is 278 Å². The molecule has 0 aromatic carbocycles. The lowest BCUT2D eigenvalue weighted by molar-refractivity contribution is -0.131. The average Bonchev–Trinajstić information content (AvgIpc) is 1.01. The molecule has 4 amide bonds. The summed E-state index contributed by atoms with van der Waals surface area (Å²) in [6.45, 7) is -19.6. The van der Waals surface area contributed by atoms with Crippen LogP contribution < -0.4 is 19.6 Å². The summed E-state index contributed by atoms with van der Waals surface area (Å²) >= 11 is 0. The standard InChI is InChI=1S/4C17H22N6O/c4*1-11-5-6-23(15(24)8-18-3)9-14(11)22(4)17-13-7-12(2)21-16(13)19-10-20-17/h4*7,10-11,14H,5-6,8-9H2,1-2,4H3,(H,19,20,21)/t4*11-,14+/m1111/s1/i1D3,4D3,5D2,6D2,7D,9D2,10D,11D;4D3,5D2,6D2,7D,9D2,10D,14D;4D3,5D2,6D2,7D,9D2,10D,11D;1D3,4D3,5D2,6D2,7D,9D2,10D. The van der Waals surface area contributed by atoms with Gasteiger partial charge in [0.1, 0.15) is 76.6 Å². The highest BCUT2D eigenvalue weighted by Crippen LogP contribution is 2.34. The van der Waals surface area contributed by atoms with Crippen LogP contribution in [0.3, 0.4) is 0 Å². The summed E-state index contributed by atoms with van der Waals surface area (Å²) in [6, 6.07) is -12.9. The van der Waals surface area contributed by atoms with Crippen molar-refractivity contribution in [3.05, 3.63) is 118 Å². The normalized spacial score (nSPS) is 38.3. The summed E-state index contributed by atoms with van der Waals surface area (Å²) in [5.41, 5.74) is -0.145. The van der Waals surface area contributed by atoms with Gasteiger partial charge in [0, 0.05) is 152 Å². The molecule has 4 fully saturated rings. The predicted molar refractivity (Wildman–Crippen MR) is 371 cm³/mol. The first-order chi connectivity index (χ1) is 66.8. The minimum atomic E-state index is -4.00. The summed E-state index contributed by atoms with van der Waals surface area (Å²) in [4.78, 5) is 103. The van der Waals surface area contributed by atoms with Crippen molar-refractivity contribution in [2.45, 2.75) is 105 Å². The zero-order valence-electron chi connectivity index (χ0n) is 104. The number of hydrogen-bond donors (Lipinski definition) is 4. The Morgan fingerprint density at radius 3 is 1.14 bits per heavy atom. The van der Waals surface area contributed by atoms with E-state index in [4.69, 9.17) is 97.6 Å². The molecule has 4 N–H and O–H groups in total. The van der Waals surface area contributed by atoms with Gasteiger partial charge in [0.05, 0.1) is 63.5 Å². The molecule has 28 heteroatoms. The zero-order chi connectivity index (χ0) is 115. The lowest BCUT2D eigenvalue weighted by Gasteiger charge is -2.41. The van der Waals surface area contributed by atoms with Gasteiger partial charge in [-0.25, -0.2) is 66.2 Å². The van der Waals surface area contributed by atoms with E-state index in [9.17, 15) is 20.5 Å². The van der Waals surface area contributed by atoms with Crippen molar-refractivity contribution >= 4 is 91.0 Å². The number of anilines is 4. The number of amides is 4. The lowest BCUT2D eigenvalue weighted by atomic mass is 9.92. The van der Waals surface area contributed by atoms with Crippen LogP contribution in [0.5, 0.6) is 0 Å². The second kappa shape index (κ2) is 31.2. The maximum atomic E-state index is 12.9. The minimum Gasteiger partial charge on any atom is -0.354 e. The van der Waals surface area contributed by atoms with Gasteiger partial charge in [0.15, 0.2) is 0 Å². The van der Waals surface area contributed by atoms with Crippen LogP contribution in [-0.4, -0.2) is 233 Å². The Hall–Kier alpha value is -10.5. The van der Waals surface area contributed by atoms with Gasteiger partial charge in [-0.3, -0.25) is 19.2 Å². The molecule has 8 atom stereocenters. The van der Waals surface area contributed by atoms with E-state index in [-0.39, 0.29) is 119 Å². The van der Waals surface area contributed by atoms with Crippen molar-refractivity contribution in [1.82, 2.24) is 79.4 Å². The maximum absolute atomic E-state index is 12.9. The van der Waals surface area contributed by atoms with Gasteiger partial charge < -0.3 is 78.5 Å². The van der Waals surface area contributed by atoms with Crippen molar-refractivity contribution in [2.24, 2.45) is 23.6 Å². The molecule has 0 unspecified atom stereocenters. The third-order valence-electron chi connectivity index (χ3n) is 13.2. The van der Waals surface area contributed by atoms with E-state index in [1.165, 1.54) is 27.7 Å². The van der Waals surface area contributed by atoms with E-state index in [1.54, 1.807) is 0 Å². The molecule has 12 rings (SSSR count). The fraction of sp³-hybridized carbons (Fsp3) is 0.529. The Morgan fingerprint density at radius 2 is 0.781 bits per heavy atom. The van der Waals surface area contributed by atoms with Crippen LogP contribution >= 0.6 is 0 Å². The van der Waals surface area contributed by atoms with Gasteiger partial charge in [-0.15, -0.1) is 0 Å². The molecule has 0 aliphatic carbocycles. The van der Waals surface area contributed by atoms with Gasteiger partial charge in [0.25, 0.3) is 26.2 Å². The number of carbonyl (C=O) groups excluding carboxylic acids is 4. The summed E-state index contributed by atoms with van der Waals surface area (Å²) < 4.78 is 442. The number of piperidine rings is 4. The van der Waals surface area contributed by atoms with E-state index in [2.05, 4.69) is 79.2 Å². The molecule has 4 aliphatic heterocycles. The summed E-state index contributed by atoms with van der Waals surface area (Å²) in [7, 11) is 0. The zero-order valence-corrected chi connectivity index (χ0v) is 50.8. The van der Waals surface area contributed by atoms with Gasteiger partial charge in [-0.05, 0) is 101 Å². The predicted octanol–water partition coefficient (Wildman–Crippen LogP) is 7.44. The Bertz CT molecular complexity index is 6790. The molecule has 12 heterocycles. The quantitative estimate of drug-likeness (QED) is 0.0865. The highest BCUT2D eigenvalue weighted by atomic mass is 16.2. The van der Waals surface area contributed by atoms with Gasteiger partial charge in [0.2, 0.25) is 0 Å². The first-order valence-electron chi connectivity index (χ1n) is 53.9. The van der Waals surface area contributed by atoms with E-state index < -0.39 is 277 Å². The summed E-state index contributed by atoms with van der Waals surface area (Å²) in [5.74, 6) is -21.0. The van der Waals surface area contributed by atoms with Crippen molar-refractivity contribution in [2.75, 3.05) is 126 Å². The first kappa shape index (κ1) is 28.5. The molecule has 8 aromatic heterocycles. The van der Waals surface area contributed by atoms with Crippen LogP contribution in [0.2, 0.25) is 0 Å². The Balaban J connectivity index is 0.000000221. The van der Waals surface area contributed by atoms with Crippen molar-refractivity contribution in [1.29, 1.82) is 0 Å². The monoisotopic (exact) mass is 1360 g/mol. The molecule has 0 spiro atoms. The van der Waals surface area contributed by atoms with Crippen molar-refractivity contribution < 1.29 is 91.8 Å². The van der Waals surface area contributed by atoms with Gasteiger partial charge in [-0.2, -0.15) is 0 Å². The average molecular weight is 1360 g/mol. The Labute approximate surface area is 635 Å². The highest BCUT2D eigenvalue weighted by Gasteiger charge is 2.38. The molecular formula is C68H88N24O4. The molecule has 4 aliphatic rings. The second-order valence-corrected chi connectivity index (χ2v) is 20.0. The Kier molecular flexibility index (Phi) is 9.24. The SMILES string of the molecule is [2H]c1nc(N(C([2H])([2H])[2H])[C@]2([2H])[C@H](C)C([2H])([2H])C([2H])([2H])N(C(=O)C[N+]#[C-])C2([2H])[2H])c2c([2H])c(C)[nH]c2n1.[2H]c1nc(N([C@@H]2[C@H](C([2H])([2H])[2H])C([2H])([2H])C([2H])([2H])N(C(=O)C[N+]#[C-])C2([2H])[2H])C([2H])([2H])[2H])c2c([2H])c(C)[nH]c2n1.[2H]c1nc(N([C@H]2C([2H])([2H])N(C(=O)C[N+]#[C-])C([2H])([2H])C([2H])([2H])[C@@]2([2H])C([2H])([2H])[2H])C([2H])([2H])[2H])c2c([2H])c(C)[nH]c2n1.[2H]c1nc(N([C@H]2C([2H])([2H])N(C(=O)C[N+]#[C-])C([2H])([2H])C([2H])([2H])[C@@]2([2H])C)C([2H])([2H])[2H])c2c([2H])c(C)[nH]c2n1. The van der Waals surface area contributed by atoms with Crippen LogP contribution in [0.1, 0.15) is 148 Å². The molecule has 0 bridgehead atoms. The molecule has 504 valence electrons. The number of nitrogens with one attached hydrogen (secondary N) is 4. The second-order valence-electron chi connectivity index (χ2n) is 20.0. The summed E-state index contributed by atoms with van der Waals surface area (Å²) in [5, 5.41) is -1.32. The fourth-order valence-corrected chi connectivity index (χ4v) is 8.70. The maximum Gasteiger partial charge on any atom is 0.302 e. The number of likely N-dealkylation sites (tertiary alicyclic amines) is 4. The van der Waals surface area contributed by atoms with Gasteiger partial charge in [-0.1, -0.05) is 27.6 Å². The smallest absolute Gasteiger partial charge is 0.302 e. The number of fused-ring (bicyclic) bond motifs is 4. The number of aryl methyl sites for hydroxylation is 4. The molecule has 4 saturated heterocycles. The summed E-state index contributed by atoms with van der Waals surface area (Å²) in [6.07, 6.45) is -17.4. The minimum absolute atomic E-state index is 0.0784. The third-order valence-corrected chi connectivity index (χ3v) is 13.2. The number of H-pyrrole nitrogens is 4. The number of likely N-dealkylation sites (N-methyl/N-ethyl adjacent to an activating group) is 4. The van der Waals surface area contributed by atoms with E-state index in [0.717, 1.165) is 13.8 Å². The van der Waals surface area contributed by atoms with Crippen molar-refractivity contribution in [3.63, 3.8) is 0 Å². The van der Waals surface area contributed by atoms with Crippen LogP contribution in [0, 0.1) is 77.6 Å². The molecule has 96 heavy (non-hydrogen) atoms. The van der Waals surface area contributed by atoms with E-state index >= 15 is 0 Å². The highest BCUT2D eigenvalue weighted by molar-refractivity contribution is 5.91. The number of aromatic amines is 4. The molecule has 0 radical (unpaired) electrons. The molecule has 28 nitrogen and oxygen atoms in total. The lowest BCUT2D eigenvalue weighted by Crippen LogP contribution is -2.53. The molecular weight excluding hydrogens is 1220 g/mol. The first-order valence-corrected chi connectivity index (χ1v) is 27.4. The number of rotatable bonds is 12. The van der Waals surface area contributed by atoms with Crippen LogP contribution in [0.4, 0.5) is 23.3 Å². The third kappa shape index (κ3) is 15.8. The molecule has 8 aromatic rings. The number of carbonyl (C=O) groups is 4. The van der Waals surface area contributed by atoms with E-state index in [1.807, 2.05) is 0 Å². The number of aromatic nitrogens is 12. The van der Waals surface area contributed by atoms with Crippen molar-refractivity contribution in [3.8, 4) is 0 Å². The van der Waals surface area contributed by atoms with Gasteiger partial charge >= 0.3 is 23.6 Å². The largest absolute Gasteiger partial charge is 0.354 e. The Morgan fingerprint density at radius 1 is 0.469 bits per heavy atom. The molecule has 0 saturated carbocycles. The van der Waals surface area contributed by atoms with Crippen LogP contribution in [0.15, 0.2) is 49.4 Å². The number of hydrogen-bond acceptors (Lipinski definition) is 16. The van der Waals surface area contributed by atoms with Crippen LogP contribution in [-0.2, 0) is 19.2 Å². The number of nitrogens with zero attached hydrogens (tertiary/aromatic N) is 20. The van der Waals surface area contributed by atoms with E-state index in [0.29, 0.717) is 0 Å². The van der Waals surface area contributed by atoms with Crippen LogP contribution in [0.25, 0.3) is 63.5 Å².